The van der Waals surface area contributed by atoms with Crippen LogP contribution in [0.4, 0.5) is 5.82 Å². The van der Waals surface area contributed by atoms with Gasteiger partial charge >= 0.3 is 0 Å². The number of pyridine rings is 1. The smallest absolute Gasteiger partial charge is 0.156 e. The Morgan fingerprint density at radius 2 is 2.04 bits per heavy atom. The summed E-state index contributed by atoms with van der Waals surface area (Å²) in [6.45, 7) is 0. The molecule has 0 radical (unpaired) electrons. The first-order chi connectivity index (χ1) is 12.1. The third-order valence-corrected chi connectivity index (χ3v) is 4.45. The number of nitrogens with one attached hydrogen (secondary N) is 1. The monoisotopic (exact) mass is 340 g/mol. The number of aromatic amines is 1. The Kier molecular flexibility index (Phi) is 4.63. The van der Waals surface area contributed by atoms with Gasteiger partial charge in [0.25, 0.3) is 0 Å². The number of ether oxygens (including phenoxy) is 3. The fraction of sp³-hybridized carbons (Fsp3) is 0.333. The topological polar surface area (TPSA) is 106 Å². The molecule has 3 rings (SSSR count). The summed E-state index contributed by atoms with van der Waals surface area (Å²) in [6.07, 6.45) is 6.50. The van der Waals surface area contributed by atoms with Crippen LogP contribution in [0.25, 0.3) is 10.8 Å². The summed E-state index contributed by atoms with van der Waals surface area (Å²) in [4.78, 5) is 7.48. The molecule has 130 valence electrons. The summed E-state index contributed by atoms with van der Waals surface area (Å²) in [7, 11) is 4.89. The first-order valence-corrected chi connectivity index (χ1v) is 7.82. The van der Waals surface area contributed by atoms with Crippen LogP contribution >= 0.6 is 0 Å². The van der Waals surface area contributed by atoms with Gasteiger partial charge in [0.1, 0.15) is 23.2 Å². The van der Waals surface area contributed by atoms with Crippen LogP contribution in [0.3, 0.4) is 0 Å². The normalized spacial score (nSPS) is 17.4. The maximum Gasteiger partial charge on any atom is 0.156 e. The van der Waals surface area contributed by atoms with Crippen LogP contribution in [0.15, 0.2) is 35.6 Å². The first kappa shape index (κ1) is 16.9. The van der Waals surface area contributed by atoms with E-state index >= 15 is 0 Å². The third-order valence-electron chi connectivity index (χ3n) is 4.45. The molecule has 1 aliphatic rings. The number of hydrogen-bond donors (Lipinski definition) is 2. The Hall–Kier alpha value is -2.98. The van der Waals surface area contributed by atoms with Gasteiger partial charge in [-0.1, -0.05) is 0 Å². The van der Waals surface area contributed by atoms with Crippen molar-refractivity contribution in [2.45, 2.75) is 18.9 Å². The van der Waals surface area contributed by atoms with E-state index in [0.717, 1.165) is 27.8 Å². The number of anilines is 1. The number of H-pyrrole nitrogens is 1. The number of nitriles is 1. The molecule has 0 fully saturated rings. The second-order valence-electron chi connectivity index (χ2n) is 5.73. The lowest BCUT2D eigenvalue weighted by Gasteiger charge is -2.26. The van der Waals surface area contributed by atoms with Crippen molar-refractivity contribution >= 4 is 16.6 Å². The quantitative estimate of drug-likeness (QED) is 0.866. The number of nitrogen functional groups attached to an aromatic ring is 1. The van der Waals surface area contributed by atoms with E-state index < -0.39 is 0 Å². The molecule has 25 heavy (non-hydrogen) atoms. The fourth-order valence-electron chi connectivity index (χ4n) is 3.15. The number of allylic oxidation sites excluding steroid dienone is 1. The van der Waals surface area contributed by atoms with E-state index in [-0.39, 0.29) is 11.9 Å². The largest absolute Gasteiger partial charge is 0.497 e. The average Bonchev–Trinajstić information content (AvgIpc) is 3.11. The van der Waals surface area contributed by atoms with Gasteiger partial charge in [-0.25, -0.2) is 4.98 Å². The number of hydrogen-bond acceptors (Lipinski definition) is 6. The highest BCUT2D eigenvalue weighted by molar-refractivity contribution is 5.92. The number of rotatable bonds is 5. The summed E-state index contributed by atoms with van der Waals surface area (Å²) in [5.74, 6) is 1.66. The van der Waals surface area contributed by atoms with Crippen molar-refractivity contribution in [1.29, 1.82) is 5.26 Å². The minimum atomic E-state index is -0.137. The van der Waals surface area contributed by atoms with Crippen molar-refractivity contribution in [3.8, 4) is 6.07 Å². The maximum absolute atomic E-state index is 9.30. The van der Waals surface area contributed by atoms with Gasteiger partial charge in [-0.2, -0.15) is 5.26 Å². The summed E-state index contributed by atoms with van der Waals surface area (Å²) in [6, 6.07) is 2.11. The Bertz CT molecular complexity index is 905. The van der Waals surface area contributed by atoms with Crippen molar-refractivity contribution in [2.75, 3.05) is 27.1 Å². The van der Waals surface area contributed by atoms with E-state index in [0.29, 0.717) is 24.2 Å². The highest BCUT2D eigenvalue weighted by Gasteiger charge is 2.26. The van der Waals surface area contributed by atoms with E-state index in [9.17, 15) is 5.26 Å². The predicted molar refractivity (Wildman–Crippen MR) is 93.5 cm³/mol. The fourth-order valence-corrected chi connectivity index (χ4v) is 3.15. The molecule has 0 aromatic carbocycles. The molecule has 7 nitrogen and oxygen atoms in total. The van der Waals surface area contributed by atoms with Gasteiger partial charge in [0.05, 0.1) is 26.0 Å². The van der Waals surface area contributed by atoms with Gasteiger partial charge in [0, 0.05) is 43.1 Å². The molecule has 7 heteroatoms. The molecule has 0 bridgehead atoms. The first-order valence-electron chi connectivity index (χ1n) is 7.82. The Morgan fingerprint density at radius 1 is 1.28 bits per heavy atom. The van der Waals surface area contributed by atoms with Gasteiger partial charge < -0.3 is 24.9 Å². The molecule has 2 heterocycles. The van der Waals surface area contributed by atoms with Gasteiger partial charge in [-0.3, -0.25) is 0 Å². The van der Waals surface area contributed by atoms with Crippen LogP contribution in [0.2, 0.25) is 0 Å². The molecule has 0 amide bonds. The van der Waals surface area contributed by atoms with Crippen molar-refractivity contribution in [2.24, 2.45) is 0 Å². The maximum atomic E-state index is 9.30. The predicted octanol–water partition coefficient (Wildman–Crippen LogP) is 2.41. The Balaban J connectivity index is 2.06. The van der Waals surface area contributed by atoms with Crippen LogP contribution in [0, 0.1) is 11.3 Å². The van der Waals surface area contributed by atoms with E-state index in [4.69, 9.17) is 19.9 Å². The Morgan fingerprint density at radius 3 is 2.68 bits per heavy atom. The molecule has 0 spiro atoms. The number of methoxy groups -OCH3 is 3. The zero-order valence-corrected chi connectivity index (χ0v) is 14.4. The number of fused-ring (bicyclic) bond motifs is 1. The molecule has 2 aromatic rings. The summed E-state index contributed by atoms with van der Waals surface area (Å²) >= 11 is 0. The molecular weight excluding hydrogens is 320 g/mol. The minimum absolute atomic E-state index is 0.137. The lowest BCUT2D eigenvalue weighted by atomic mass is 9.93. The van der Waals surface area contributed by atoms with E-state index in [1.807, 2.05) is 12.3 Å². The summed E-state index contributed by atoms with van der Waals surface area (Å²) in [5, 5.41) is 10.9. The van der Waals surface area contributed by atoms with Crippen molar-refractivity contribution in [3.63, 3.8) is 0 Å². The summed E-state index contributed by atoms with van der Waals surface area (Å²) in [5.41, 5.74) is 8.17. The van der Waals surface area contributed by atoms with Crippen LogP contribution in [0.1, 0.15) is 17.7 Å². The molecule has 1 aliphatic carbocycles. The van der Waals surface area contributed by atoms with E-state index in [1.165, 1.54) is 0 Å². The molecule has 2 aromatic heterocycles. The van der Waals surface area contributed by atoms with Gasteiger partial charge in [0.2, 0.25) is 0 Å². The molecular formula is C18H20N4O3. The number of nitrogens with zero attached hydrogens (tertiary/aromatic N) is 2. The standard InChI is InChI=1S/C18H20N4O3/c1-23-15-6-17(25-3)16(24-2)5-10(15)4-14-13-9-21-8-12(13)11(7-19)18(20)22-14/h5,8-9,15,21H,4,6,20H2,1-3H3. The summed E-state index contributed by atoms with van der Waals surface area (Å²) < 4.78 is 16.4. The van der Waals surface area contributed by atoms with E-state index in [2.05, 4.69) is 16.0 Å². The zero-order valence-electron chi connectivity index (χ0n) is 14.4. The lowest BCUT2D eigenvalue weighted by molar-refractivity contribution is 0.101. The second kappa shape index (κ2) is 6.87. The van der Waals surface area contributed by atoms with Crippen molar-refractivity contribution in [3.05, 3.63) is 46.8 Å². The highest BCUT2D eigenvalue weighted by Crippen LogP contribution is 2.32. The molecule has 3 N–H and O–H groups in total. The van der Waals surface area contributed by atoms with Gasteiger partial charge in [-0.15, -0.1) is 0 Å². The third kappa shape index (κ3) is 2.92. The highest BCUT2D eigenvalue weighted by atomic mass is 16.5. The number of nitrogens with two attached hydrogens (primary N) is 1. The molecule has 1 unspecified atom stereocenters. The molecule has 1 atom stereocenters. The second-order valence-corrected chi connectivity index (χ2v) is 5.73. The van der Waals surface area contributed by atoms with Gasteiger partial charge in [-0.05, 0) is 11.6 Å². The molecule has 0 saturated carbocycles. The van der Waals surface area contributed by atoms with Crippen molar-refractivity contribution in [1.82, 2.24) is 9.97 Å². The zero-order chi connectivity index (χ0) is 18.0. The van der Waals surface area contributed by atoms with E-state index in [1.54, 1.807) is 27.5 Å². The SMILES string of the molecule is COC1=C(OC)CC(OC)C(Cc2nc(N)c(C#N)c3c[nH]cc23)=C1. The van der Waals surface area contributed by atoms with Crippen LogP contribution in [-0.2, 0) is 20.6 Å². The molecule has 0 saturated heterocycles. The van der Waals surface area contributed by atoms with Crippen LogP contribution in [-0.4, -0.2) is 37.4 Å². The Labute approximate surface area is 145 Å². The van der Waals surface area contributed by atoms with Crippen molar-refractivity contribution < 1.29 is 14.2 Å². The molecule has 0 aliphatic heterocycles. The lowest BCUT2D eigenvalue weighted by Crippen LogP contribution is -2.22. The average molecular weight is 340 g/mol. The van der Waals surface area contributed by atoms with Crippen LogP contribution < -0.4 is 5.73 Å². The van der Waals surface area contributed by atoms with Crippen LogP contribution in [0.5, 0.6) is 0 Å². The minimum Gasteiger partial charge on any atom is -0.497 e. The van der Waals surface area contributed by atoms with Gasteiger partial charge in [0.15, 0.2) is 5.76 Å². The number of aromatic nitrogens is 2.